The predicted molar refractivity (Wildman–Crippen MR) is 140 cm³/mol. The quantitative estimate of drug-likeness (QED) is 0.147. The summed E-state index contributed by atoms with van der Waals surface area (Å²) in [7, 11) is 0. The van der Waals surface area contributed by atoms with Gasteiger partial charge in [0.1, 0.15) is 5.75 Å². The minimum Gasteiger partial charge on any atom is -0.493 e. The summed E-state index contributed by atoms with van der Waals surface area (Å²) in [4.78, 5) is 0. The molecule has 0 aromatic heterocycles. The molecule has 0 aliphatic heterocycles. The second kappa shape index (κ2) is 11.7. The Balaban J connectivity index is 1.92. The van der Waals surface area contributed by atoms with Gasteiger partial charge in [-0.25, -0.2) is 0 Å². The van der Waals surface area contributed by atoms with Crippen molar-refractivity contribution in [1.29, 1.82) is 0 Å². The van der Waals surface area contributed by atoms with Crippen LogP contribution in [0.1, 0.15) is 42.0 Å². The van der Waals surface area contributed by atoms with E-state index < -0.39 is 0 Å². The molecule has 164 valence electrons. The molecule has 0 aliphatic rings. The largest absolute Gasteiger partial charge is 0.493 e. The summed E-state index contributed by atoms with van der Waals surface area (Å²) in [6, 6.07) is 40.3. The Morgan fingerprint density at radius 2 is 1.09 bits per heavy atom. The molecule has 0 radical (unpaired) electrons. The Labute approximate surface area is 197 Å². The van der Waals surface area contributed by atoms with Crippen LogP contribution < -0.4 is 4.74 Å². The second-order valence-electron chi connectivity index (χ2n) is 7.90. The first-order chi connectivity index (χ1) is 16.4. The van der Waals surface area contributed by atoms with Crippen LogP contribution in [-0.2, 0) is 0 Å². The molecule has 4 aromatic carbocycles. The van der Waals surface area contributed by atoms with E-state index in [4.69, 9.17) is 4.74 Å². The van der Waals surface area contributed by atoms with Crippen molar-refractivity contribution >= 4 is 11.1 Å². The van der Waals surface area contributed by atoms with Crippen molar-refractivity contribution in [3.63, 3.8) is 0 Å². The van der Waals surface area contributed by atoms with Crippen LogP contribution in [0, 0.1) is 0 Å². The van der Waals surface area contributed by atoms with Gasteiger partial charge in [0, 0.05) is 11.1 Å². The summed E-state index contributed by atoms with van der Waals surface area (Å²) in [6.07, 6.45) is 6.30. The first-order valence-electron chi connectivity index (χ1n) is 11.6. The molecule has 0 unspecified atom stereocenters. The molecule has 0 saturated carbocycles. The highest BCUT2D eigenvalue weighted by Crippen LogP contribution is 2.40. The van der Waals surface area contributed by atoms with Gasteiger partial charge in [-0.1, -0.05) is 121 Å². The normalized spacial score (nSPS) is 10.8. The lowest BCUT2D eigenvalue weighted by molar-refractivity contribution is 0.311. The lowest BCUT2D eigenvalue weighted by Crippen LogP contribution is -2.03. The smallest absolute Gasteiger partial charge is 0.127 e. The predicted octanol–water partition coefficient (Wildman–Crippen LogP) is 8.43. The van der Waals surface area contributed by atoms with E-state index in [1.54, 1.807) is 0 Å². The number of hydrogen-bond acceptors (Lipinski definition) is 1. The van der Waals surface area contributed by atoms with Gasteiger partial charge >= 0.3 is 0 Å². The number of hydrogen-bond donors (Lipinski definition) is 0. The van der Waals surface area contributed by atoms with Crippen LogP contribution in [-0.4, -0.2) is 6.61 Å². The third-order valence-corrected chi connectivity index (χ3v) is 5.60. The Kier molecular flexibility index (Phi) is 7.92. The molecule has 0 fully saturated rings. The molecule has 4 aromatic rings. The zero-order chi connectivity index (χ0) is 22.7. The molecule has 0 heterocycles. The molecule has 1 heteroatoms. The molecular weight excluding hydrogens is 400 g/mol. The van der Waals surface area contributed by atoms with Crippen molar-refractivity contribution in [3.05, 3.63) is 150 Å². The SMILES string of the molecule is CC=CCCCOc1ccccc1C(=C(c1ccccc1)c1ccccc1)c1ccccc1. The van der Waals surface area contributed by atoms with E-state index in [2.05, 4.69) is 134 Å². The molecule has 4 rings (SSSR count). The standard InChI is InChI=1S/C32H30O/c1-2-3-4-16-25-33-30-24-15-14-23-29(30)32(28-21-12-7-13-22-28)31(26-17-8-5-9-18-26)27-19-10-6-11-20-27/h2-3,5-15,17-24H,4,16,25H2,1H3. The zero-order valence-corrected chi connectivity index (χ0v) is 19.2. The van der Waals surface area contributed by atoms with E-state index in [1.807, 2.05) is 0 Å². The first kappa shape index (κ1) is 22.4. The average molecular weight is 431 g/mol. The lowest BCUT2D eigenvalue weighted by Gasteiger charge is -2.20. The second-order valence-corrected chi connectivity index (χ2v) is 7.90. The average Bonchev–Trinajstić information content (AvgIpc) is 2.89. The summed E-state index contributed by atoms with van der Waals surface area (Å²) in [5, 5.41) is 0. The van der Waals surface area contributed by atoms with Gasteiger partial charge in [0.25, 0.3) is 0 Å². The Bertz CT molecular complexity index is 1150. The van der Waals surface area contributed by atoms with Gasteiger partial charge in [0.05, 0.1) is 6.61 Å². The van der Waals surface area contributed by atoms with Crippen LogP contribution in [0.2, 0.25) is 0 Å². The summed E-state index contributed by atoms with van der Waals surface area (Å²) in [5.74, 6) is 0.918. The molecule has 0 atom stereocenters. The highest BCUT2D eigenvalue weighted by Gasteiger charge is 2.18. The summed E-state index contributed by atoms with van der Waals surface area (Å²) < 4.78 is 6.34. The van der Waals surface area contributed by atoms with E-state index in [1.165, 1.54) is 27.8 Å². The fourth-order valence-corrected chi connectivity index (χ4v) is 4.05. The molecular formula is C32H30O. The molecule has 33 heavy (non-hydrogen) atoms. The van der Waals surface area contributed by atoms with Crippen molar-refractivity contribution in [1.82, 2.24) is 0 Å². The molecule has 0 bridgehead atoms. The van der Waals surface area contributed by atoms with Crippen LogP contribution in [0.25, 0.3) is 11.1 Å². The fourth-order valence-electron chi connectivity index (χ4n) is 4.05. The third kappa shape index (κ3) is 5.70. The monoisotopic (exact) mass is 430 g/mol. The Morgan fingerprint density at radius 3 is 1.64 bits per heavy atom. The minimum absolute atomic E-state index is 0.690. The Morgan fingerprint density at radius 1 is 0.606 bits per heavy atom. The highest BCUT2D eigenvalue weighted by atomic mass is 16.5. The van der Waals surface area contributed by atoms with E-state index in [-0.39, 0.29) is 0 Å². The van der Waals surface area contributed by atoms with E-state index in [0.717, 1.165) is 24.2 Å². The van der Waals surface area contributed by atoms with Crippen LogP contribution in [0.4, 0.5) is 0 Å². The van der Waals surface area contributed by atoms with Crippen LogP contribution >= 0.6 is 0 Å². The number of rotatable bonds is 9. The van der Waals surface area contributed by atoms with Crippen molar-refractivity contribution in [3.8, 4) is 5.75 Å². The van der Waals surface area contributed by atoms with E-state index in [9.17, 15) is 0 Å². The van der Waals surface area contributed by atoms with Gasteiger partial charge in [-0.3, -0.25) is 0 Å². The van der Waals surface area contributed by atoms with Crippen molar-refractivity contribution in [2.75, 3.05) is 6.61 Å². The lowest BCUT2D eigenvalue weighted by atomic mass is 9.85. The molecule has 0 spiro atoms. The van der Waals surface area contributed by atoms with E-state index >= 15 is 0 Å². The van der Waals surface area contributed by atoms with Gasteiger partial charge in [-0.2, -0.15) is 0 Å². The molecule has 0 amide bonds. The fraction of sp³-hybridized carbons (Fsp3) is 0.125. The minimum atomic E-state index is 0.690. The van der Waals surface area contributed by atoms with Gasteiger partial charge in [-0.05, 0) is 48.1 Å². The molecule has 0 N–H and O–H groups in total. The van der Waals surface area contributed by atoms with Gasteiger partial charge in [0.2, 0.25) is 0 Å². The summed E-state index contributed by atoms with van der Waals surface area (Å²) in [6.45, 7) is 2.75. The molecule has 0 saturated heterocycles. The van der Waals surface area contributed by atoms with Gasteiger partial charge in [0.15, 0.2) is 0 Å². The Hall–Kier alpha value is -3.84. The third-order valence-electron chi connectivity index (χ3n) is 5.60. The number of benzene rings is 4. The van der Waals surface area contributed by atoms with Crippen LogP contribution in [0.3, 0.4) is 0 Å². The van der Waals surface area contributed by atoms with Crippen LogP contribution in [0.5, 0.6) is 5.75 Å². The number of unbranched alkanes of at least 4 members (excludes halogenated alkanes) is 1. The van der Waals surface area contributed by atoms with Gasteiger partial charge < -0.3 is 4.74 Å². The van der Waals surface area contributed by atoms with E-state index in [0.29, 0.717) is 6.61 Å². The summed E-state index contributed by atoms with van der Waals surface area (Å²) >= 11 is 0. The van der Waals surface area contributed by atoms with Crippen molar-refractivity contribution in [2.24, 2.45) is 0 Å². The topological polar surface area (TPSA) is 9.23 Å². The highest BCUT2D eigenvalue weighted by molar-refractivity contribution is 6.05. The van der Waals surface area contributed by atoms with Gasteiger partial charge in [-0.15, -0.1) is 0 Å². The van der Waals surface area contributed by atoms with Crippen LogP contribution in [0.15, 0.2) is 127 Å². The zero-order valence-electron chi connectivity index (χ0n) is 19.2. The first-order valence-corrected chi connectivity index (χ1v) is 11.6. The summed E-state index contributed by atoms with van der Waals surface area (Å²) in [5.41, 5.74) is 7.03. The number of ether oxygens (including phenoxy) is 1. The van der Waals surface area contributed by atoms with Crippen molar-refractivity contribution in [2.45, 2.75) is 19.8 Å². The molecule has 1 nitrogen and oxygen atoms in total. The molecule has 0 aliphatic carbocycles. The maximum atomic E-state index is 6.34. The number of para-hydroxylation sites is 1. The number of allylic oxidation sites excluding steroid dienone is 2. The van der Waals surface area contributed by atoms with Crippen molar-refractivity contribution < 1.29 is 4.74 Å². The maximum absolute atomic E-state index is 6.34. The maximum Gasteiger partial charge on any atom is 0.127 e.